The van der Waals surface area contributed by atoms with Crippen LogP contribution >= 0.6 is 0 Å². The first kappa shape index (κ1) is 24.3. The van der Waals surface area contributed by atoms with E-state index in [9.17, 15) is 4.79 Å². The molecular formula is C29H33N3O3. The molecule has 0 bridgehead atoms. The van der Waals surface area contributed by atoms with Gasteiger partial charge in [0.25, 0.3) is 5.91 Å². The lowest BCUT2D eigenvalue weighted by atomic mass is 10.1. The van der Waals surface area contributed by atoms with Crippen molar-refractivity contribution in [1.82, 2.24) is 14.9 Å². The second-order valence-corrected chi connectivity index (χ2v) is 8.58. The molecule has 0 aliphatic carbocycles. The van der Waals surface area contributed by atoms with E-state index in [1.54, 1.807) is 31.4 Å². The lowest BCUT2D eigenvalue weighted by Gasteiger charge is -2.12. The van der Waals surface area contributed by atoms with E-state index in [1.807, 2.05) is 24.3 Å². The summed E-state index contributed by atoms with van der Waals surface area (Å²) in [4.78, 5) is 17.2. The number of aryl methyl sites for hydroxylation is 2. The van der Waals surface area contributed by atoms with E-state index in [0.717, 1.165) is 66.1 Å². The summed E-state index contributed by atoms with van der Waals surface area (Å²) >= 11 is 0. The molecule has 35 heavy (non-hydrogen) atoms. The lowest BCUT2D eigenvalue weighted by Crippen LogP contribution is -2.24. The van der Waals surface area contributed by atoms with Crippen LogP contribution in [0.4, 0.5) is 0 Å². The molecule has 0 spiro atoms. The number of methoxy groups -OCH3 is 1. The van der Waals surface area contributed by atoms with Gasteiger partial charge in [-0.2, -0.15) is 0 Å². The first-order valence-electron chi connectivity index (χ1n) is 12.2. The predicted molar refractivity (Wildman–Crippen MR) is 139 cm³/mol. The second-order valence-electron chi connectivity index (χ2n) is 8.58. The van der Waals surface area contributed by atoms with E-state index in [4.69, 9.17) is 14.5 Å². The van der Waals surface area contributed by atoms with Gasteiger partial charge in [0.15, 0.2) is 0 Å². The molecule has 0 fully saturated rings. The molecule has 1 amide bonds. The molecule has 1 aromatic heterocycles. The SMILES string of the molecule is COc1ccc(C(=O)NCCCCCc2nc3ccccc3n2CCOc2ccccc2C)cc1. The molecule has 0 atom stereocenters. The number of amides is 1. The van der Waals surface area contributed by atoms with E-state index in [1.165, 1.54) is 0 Å². The van der Waals surface area contributed by atoms with Crippen LogP contribution in [0, 0.1) is 6.92 Å². The molecule has 1 heterocycles. The van der Waals surface area contributed by atoms with E-state index in [0.29, 0.717) is 18.7 Å². The zero-order valence-electron chi connectivity index (χ0n) is 20.5. The van der Waals surface area contributed by atoms with E-state index < -0.39 is 0 Å². The summed E-state index contributed by atoms with van der Waals surface area (Å²) in [5.74, 6) is 2.70. The molecule has 0 aliphatic heterocycles. The first-order valence-corrected chi connectivity index (χ1v) is 12.2. The maximum absolute atomic E-state index is 12.3. The molecule has 4 aromatic rings. The van der Waals surface area contributed by atoms with Gasteiger partial charge in [-0.25, -0.2) is 4.98 Å². The minimum atomic E-state index is -0.0527. The van der Waals surface area contributed by atoms with Gasteiger partial charge in [-0.3, -0.25) is 4.79 Å². The van der Waals surface area contributed by atoms with Crippen LogP contribution in [-0.4, -0.2) is 35.7 Å². The van der Waals surface area contributed by atoms with Gasteiger partial charge in [0.2, 0.25) is 0 Å². The number of nitrogens with one attached hydrogen (secondary N) is 1. The Bertz CT molecular complexity index is 1250. The summed E-state index contributed by atoms with van der Waals surface area (Å²) in [6.07, 6.45) is 3.86. The van der Waals surface area contributed by atoms with Crippen molar-refractivity contribution in [3.05, 3.63) is 89.7 Å². The number of unbranched alkanes of at least 4 members (excludes halogenated alkanes) is 2. The van der Waals surface area contributed by atoms with E-state index in [-0.39, 0.29) is 5.91 Å². The molecule has 0 saturated heterocycles. The van der Waals surface area contributed by atoms with Crippen molar-refractivity contribution in [3.8, 4) is 11.5 Å². The molecule has 1 N–H and O–H groups in total. The number of fused-ring (bicyclic) bond motifs is 1. The third-order valence-corrected chi connectivity index (χ3v) is 6.11. The number of imidazole rings is 1. The highest BCUT2D eigenvalue weighted by molar-refractivity contribution is 5.94. The number of ether oxygens (including phenoxy) is 2. The van der Waals surface area contributed by atoms with E-state index >= 15 is 0 Å². The number of carbonyl (C=O) groups excluding carboxylic acids is 1. The highest BCUT2D eigenvalue weighted by Crippen LogP contribution is 2.20. The number of nitrogens with zero attached hydrogens (tertiary/aromatic N) is 2. The number of hydrogen-bond acceptors (Lipinski definition) is 4. The second kappa shape index (κ2) is 12.1. The van der Waals surface area contributed by atoms with Crippen molar-refractivity contribution < 1.29 is 14.3 Å². The Balaban J connectivity index is 1.26. The Labute approximate surface area is 206 Å². The average molecular weight is 472 g/mol. The third kappa shape index (κ3) is 6.41. The van der Waals surface area contributed by atoms with Crippen LogP contribution in [0.3, 0.4) is 0 Å². The molecule has 0 unspecified atom stereocenters. The van der Waals surface area contributed by atoms with Crippen molar-refractivity contribution in [1.29, 1.82) is 0 Å². The van der Waals surface area contributed by atoms with Gasteiger partial charge in [0.1, 0.15) is 23.9 Å². The summed E-state index contributed by atoms with van der Waals surface area (Å²) in [6, 6.07) is 23.5. The summed E-state index contributed by atoms with van der Waals surface area (Å²) in [5.41, 5.74) is 3.95. The van der Waals surface area contributed by atoms with Crippen LogP contribution in [-0.2, 0) is 13.0 Å². The largest absolute Gasteiger partial charge is 0.497 e. The minimum Gasteiger partial charge on any atom is -0.497 e. The smallest absolute Gasteiger partial charge is 0.251 e. The standard InChI is InChI=1S/C29H33N3O3/c1-22-10-5-8-13-27(22)35-21-20-32-26-12-7-6-11-25(26)31-28(32)14-4-3-9-19-30-29(33)23-15-17-24(34-2)18-16-23/h5-8,10-13,15-18H,3-4,9,14,19-21H2,1-2H3,(H,30,33). The zero-order chi connectivity index (χ0) is 24.5. The van der Waals surface area contributed by atoms with Gasteiger partial charge < -0.3 is 19.4 Å². The van der Waals surface area contributed by atoms with Crippen LogP contribution in [0.1, 0.15) is 41.0 Å². The van der Waals surface area contributed by atoms with Gasteiger partial charge in [-0.1, -0.05) is 36.8 Å². The topological polar surface area (TPSA) is 65.4 Å². The number of hydrogen-bond donors (Lipinski definition) is 1. The number of para-hydroxylation sites is 3. The number of aromatic nitrogens is 2. The number of benzene rings is 3. The van der Waals surface area contributed by atoms with Gasteiger partial charge in [0.05, 0.1) is 24.7 Å². The third-order valence-electron chi connectivity index (χ3n) is 6.11. The van der Waals surface area contributed by atoms with Crippen molar-refractivity contribution in [2.75, 3.05) is 20.3 Å². The average Bonchev–Trinajstić information content (AvgIpc) is 3.24. The number of carbonyl (C=O) groups is 1. The van der Waals surface area contributed by atoms with Crippen LogP contribution in [0.25, 0.3) is 11.0 Å². The fourth-order valence-corrected chi connectivity index (χ4v) is 4.16. The fourth-order valence-electron chi connectivity index (χ4n) is 4.16. The molecule has 0 saturated carbocycles. The van der Waals surface area contributed by atoms with Gasteiger partial charge in [-0.05, 0) is 67.8 Å². The highest BCUT2D eigenvalue weighted by atomic mass is 16.5. The normalized spacial score (nSPS) is 10.9. The zero-order valence-corrected chi connectivity index (χ0v) is 20.5. The van der Waals surface area contributed by atoms with Gasteiger partial charge >= 0.3 is 0 Å². The van der Waals surface area contributed by atoms with Crippen molar-refractivity contribution in [2.45, 2.75) is 39.2 Å². The Morgan fingerprint density at radius 3 is 2.51 bits per heavy atom. The quantitative estimate of drug-likeness (QED) is 0.274. The Kier molecular flexibility index (Phi) is 8.39. The molecule has 0 radical (unpaired) electrons. The van der Waals surface area contributed by atoms with Crippen molar-refractivity contribution in [3.63, 3.8) is 0 Å². The summed E-state index contributed by atoms with van der Waals surface area (Å²) in [7, 11) is 1.61. The lowest BCUT2D eigenvalue weighted by molar-refractivity contribution is 0.0953. The Morgan fingerprint density at radius 2 is 1.71 bits per heavy atom. The molecule has 182 valence electrons. The van der Waals surface area contributed by atoms with Crippen LogP contribution in [0.15, 0.2) is 72.8 Å². The monoisotopic (exact) mass is 471 g/mol. The molecule has 6 heteroatoms. The number of rotatable bonds is 12. The minimum absolute atomic E-state index is 0.0527. The summed E-state index contributed by atoms with van der Waals surface area (Å²) in [6.45, 7) is 4.07. The predicted octanol–water partition coefficient (Wildman–Crippen LogP) is 5.58. The summed E-state index contributed by atoms with van der Waals surface area (Å²) in [5, 5.41) is 3.00. The molecule has 0 aliphatic rings. The molecule has 4 rings (SSSR count). The molecular weight excluding hydrogens is 438 g/mol. The Hall–Kier alpha value is -3.80. The Morgan fingerprint density at radius 1 is 0.943 bits per heavy atom. The highest BCUT2D eigenvalue weighted by Gasteiger charge is 2.11. The molecule has 3 aromatic carbocycles. The van der Waals surface area contributed by atoms with Crippen LogP contribution in [0.2, 0.25) is 0 Å². The van der Waals surface area contributed by atoms with Crippen molar-refractivity contribution in [2.24, 2.45) is 0 Å². The summed E-state index contributed by atoms with van der Waals surface area (Å²) < 4.78 is 13.5. The van der Waals surface area contributed by atoms with Crippen LogP contribution < -0.4 is 14.8 Å². The van der Waals surface area contributed by atoms with Gasteiger partial charge in [0, 0.05) is 18.5 Å². The first-order chi connectivity index (χ1) is 17.2. The fraction of sp³-hybridized carbons (Fsp3) is 0.310. The van der Waals surface area contributed by atoms with Crippen molar-refractivity contribution >= 4 is 16.9 Å². The maximum Gasteiger partial charge on any atom is 0.251 e. The maximum atomic E-state index is 12.3. The molecule has 6 nitrogen and oxygen atoms in total. The van der Waals surface area contributed by atoms with E-state index in [2.05, 4.69) is 41.1 Å². The van der Waals surface area contributed by atoms with Crippen LogP contribution in [0.5, 0.6) is 11.5 Å². The van der Waals surface area contributed by atoms with Gasteiger partial charge in [-0.15, -0.1) is 0 Å².